The van der Waals surface area contributed by atoms with Gasteiger partial charge in [-0.1, -0.05) is 13.3 Å². The van der Waals surface area contributed by atoms with Gasteiger partial charge in [0.05, 0.1) is 17.2 Å². The maximum atomic E-state index is 13.1. The number of likely N-dealkylation sites (N-methyl/N-ethyl adjacent to an activating group) is 1. The molecule has 1 saturated carbocycles. The number of carbonyl (C=O) groups excluding carboxylic acids is 2. The lowest BCUT2D eigenvalue weighted by Gasteiger charge is -2.41. The van der Waals surface area contributed by atoms with Crippen LogP contribution in [-0.4, -0.2) is 57.8 Å². The Balaban J connectivity index is 1.34. The highest BCUT2D eigenvalue weighted by Gasteiger charge is 2.43. The van der Waals surface area contributed by atoms with E-state index < -0.39 is 11.7 Å². The predicted octanol–water partition coefficient (Wildman–Crippen LogP) is 3.97. The zero-order valence-electron chi connectivity index (χ0n) is 19.2. The molecule has 182 valence electrons. The van der Waals surface area contributed by atoms with Crippen molar-refractivity contribution in [1.29, 1.82) is 0 Å². The van der Waals surface area contributed by atoms with Gasteiger partial charge in [-0.2, -0.15) is 13.2 Å². The molecule has 2 aliphatic rings. The first-order valence-corrected chi connectivity index (χ1v) is 11.3. The smallest absolute Gasteiger partial charge is 0.366 e. The lowest BCUT2D eigenvalue weighted by atomic mass is 9.69. The van der Waals surface area contributed by atoms with Crippen molar-refractivity contribution >= 4 is 17.6 Å². The summed E-state index contributed by atoms with van der Waals surface area (Å²) in [6.07, 6.45) is 2.85. The molecule has 7 nitrogen and oxygen atoms in total. The van der Waals surface area contributed by atoms with Gasteiger partial charge in [-0.05, 0) is 37.5 Å². The lowest BCUT2D eigenvalue weighted by Crippen LogP contribution is -2.49. The summed E-state index contributed by atoms with van der Waals surface area (Å²) in [5.41, 5.74) is -0.617. The molecule has 2 fully saturated rings. The molecule has 10 heteroatoms. The first-order chi connectivity index (χ1) is 16.1. The third kappa shape index (κ3) is 4.85. The van der Waals surface area contributed by atoms with Crippen LogP contribution in [0.25, 0.3) is 0 Å². The van der Waals surface area contributed by atoms with E-state index >= 15 is 0 Å². The Morgan fingerprint density at radius 2 is 2.00 bits per heavy atom. The predicted molar refractivity (Wildman–Crippen MR) is 120 cm³/mol. The molecule has 1 N–H and O–H groups in total. The second kappa shape index (κ2) is 9.23. The van der Waals surface area contributed by atoms with Crippen molar-refractivity contribution in [2.24, 2.45) is 5.41 Å². The van der Waals surface area contributed by atoms with Gasteiger partial charge in [0.15, 0.2) is 0 Å². The number of halogens is 3. The highest BCUT2D eigenvalue weighted by Crippen LogP contribution is 2.42. The number of nitrogens with zero attached hydrogens (tertiary/aromatic N) is 4. The van der Waals surface area contributed by atoms with Crippen LogP contribution in [0.15, 0.2) is 36.8 Å². The minimum absolute atomic E-state index is 0.00879. The molecular formula is C24H28F3N5O2. The Bertz CT molecular complexity index is 1050. The number of hydrogen-bond donors (Lipinski definition) is 1. The maximum Gasteiger partial charge on any atom is 0.416 e. The van der Waals surface area contributed by atoms with Crippen LogP contribution < -0.4 is 5.32 Å². The van der Waals surface area contributed by atoms with Gasteiger partial charge < -0.3 is 15.1 Å². The van der Waals surface area contributed by atoms with Crippen LogP contribution in [-0.2, 0) is 17.5 Å². The summed E-state index contributed by atoms with van der Waals surface area (Å²) >= 11 is 0. The van der Waals surface area contributed by atoms with Crippen LogP contribution >= 0.6 is 0 Å². The molecule has 34 heavy (non-hydrogen) atoms. The Labute approximate surface area is 196 Å². The van der Waals surface area contributed by atoms with Crippen molar-refractivity contribution in [3.8, 4) is 0 Å². The molecule has 1 saturated heterocycles. The van der Waals surface area contributed by atoms with Crippen LogP contribution in [0.1, 0.15) is 54.1 Å². The van der Waals surface area contributed by atoms with Gasteiger partial charge in [0.2, 0.25) is 5.91 Å². The number of hydrogen-bond acceptors (Lipinski definition) is 5. The van der Waals surface area contributed by atoms with E-state index in [1.165, 1.54) is 12.4 Å². The third-order valence-electron chi connectivity index (χ3n) is 6.97. The minimum atomic E-state index is -4.47. The van der Waals surface area contributed by atoms with Crippen molar-refractivity contribution in [1.82, 2.24) is 19.8 Å². The molecule has 0 aromatic carbocycles. The fourth-order valence-electron chi connectivity index (χ4n) is 4.59. The highest BCUT2D eigenvalue weighted by atomic mass is 19.4. The SMILES string of the molecule is CN(C(=O)C1(C)CCC1)[C@H]1CCN(C(=O)c2ccc(NCc3cnccc3C(F)(F)F)nc2)C1. The topological polar surface area (TPSA) is 78.4 Å². The van der Waals surface area contributed by atoms with Crippen molar-refractivity contribution in [3.63, 3.8) is 0 Å². The van der Waals surface area contributed by atoms with Gasteiger partial charge in [-0.15, -0.1) is 0 Å². The average molecular weight is 476 g/mol. The summed E-state index contributed by atoms with van der Waals surface area (Å²) in [5, 5.41) is 2.85. The molecule has 2 amide bonds. The normalized spacial score (nSPS) is 19.4. The largest absolute Gasteiger partial charge is 0.416 e. The van der Waals surface area contributed by atoms with E-state index in [1.54, 1.807) is 21.9 Å². The van der Waals surface area contributed by atoms with Gasteiger partial charge in [-0.25, -0.2) is 4.98 Å². The minimum Gasteiger partial charge on any atom is -0.366 e. The van der Waals surface area contributed by atoms with Gasteiger partial charge in [0.1, 0.15) is 5.82 Å². The van der Waals surface area contributed by atoms with Crippen molar-refractivity contribution in [2.45, 2.75) is 51.4 Å². The number of anilines is 1. The molecule has 0 unspecified atom stereocenters. The first kappa shape index (κ1) is 24.0. The fraction of sp³-hybridized carbons (Fsp3) is 0.500. The molecule has 0 bridgehead atoms. The zero-order valence-corrected chi connectivity index (χ0v) is 19.2. The van der Waals surface area contributed by atoms with E-state index in [4.69, 9.17) is 0 Å². The van der Waals surface area contributed by atoms with E-state index in [2.05, 4.69) is 15.3 Å². The highest BCUT2D eigenvalue weighted by molar-refractivity contribution is 5.94. The van der Waals surface area contributed by atoms with Gasteiger partial charge in [0, 0.05) is 56.3 Å². The molecule has 2 aromatic heterocycles. The van der Waals surface area contributed by atoms with E-state index in [1.807, 2.05) is 14.0 Å². The second-order valence-electron chi connectivity index (χ2n) is 9.34. The van der Waals surface area contributed by atoms with Gasteiger partial charge in [-0.3, -0.25) is 14.6 Å². The summed E-state index contributed by atoms with van der Waals surface area (Å²) in [5.74, 6) is 0.327. The number of carbonyl (C=O) groups is 2. The van der Waals surface area contributed by atoms with Gasteiger partial charge >= 0.3 is 6.18 Å². The molecule has 0 radical (unpaired) electrons. The van der Waals surface area contributed by atoms with Crippen LogP contribution in [0.2, 0.25) is 0 Å². The molecule has 1 atom stereocenters. The maximum absolute atomic E-state index is 13.1. The number of alkyl halides is 3. The van der Waals surface area contributed by atoms with Crippen LogP contribution in [0.5, 0.6) is 0 Å². The fourth-order valence-corrected chi connectivity index (χ4v) is 4.59. The second-order valence-corrected chi connectivity index (χ2v) is 9.34. The molecular weight excluding hydrogens is 447 g/mol. The first-order valence-electron chi connectivity index (χ1n) is 11.3. The van der Waals surface area contributed by atoms with Crippen molar-refractivity contribution in [3.05, 3.63) is 53.5 Å². The summed E-state index contributed by atoms with van der Waals surface area (Å²) in [6.45, 7) is 2.93. The number of amides is 2. The van der Waals surface area contributed by atoms with E-state index in [0.29, 0.717) is 24.5 Å². The monoisotopic (exact) mass is 475 g/mol. The molecule has 3 heterocycles. The van der Waals surface area contributed by atoms with E-state index in [9.17, 15) is 22.8 Å². The van der Waals surface area contributed by atoms with Crippen LogP contribution in [0.3, 0.4) is 0 Å². The molecule has 1 aliphatic heterocycles. The summed E-state index contributed by atoms with van der Waals surface area (Å²) in [4.78, 5) is 37.2. The Kier molecular flexibility index (Phi) is 6.51. The molecule has 1 aliphatic carbocycles. The summed E-state index contributed by atoms with van der Waals surface area (Å²) in [7, 11) is 1.82. The van der Waals surface area contributed by atoms with Crippen LogP contribution in [0.4, 0.5) is 19.0 Å². The molecule has 0 spiro atoms. The Morgan fingerprint density at radius 3 is 2.62 bits per heavy atom. The number of rotatable bonds is 6. The van der Waals surface area contributed by atoms with E-state index in [0.717, 1.165) is 37.9 Å². The summed E-state index contributed by atoms with van der Waals surface area (Å²) < 4.78 is 39.4. The van der Waals surface area contributed by atoms with Crippen molar-refractivity contribution in [2.75, 3.05) is 25.5 Å². The number of nitrogens with one attached hydrogen (secondary N) is 1. The Hall–Kier alpha value is -3.17. The zero-order chi connectivity index (χ0) is 24.5. The van der Waals surface area contributed by atoms with E-state index in [-0.39, 0.29) is 35.4 Å². The van der Waals surface area contributed by atoms with Gasteiger partial charge in [0.25, 0.3) is 5.91 Å². The number of likely N-dealkylation sites (tertiary alicyclic amines) is 1. The number of pyridine rings is 2. The lowest BCUT2D eigenvalue weighted by molar-refractivity contribution is -0.146. The van der Waals surface area contributed by atoms with Crippen LogP contribution in [0, 0.1) is 5.41 Å². The Morgan fingerprint density at radius 1 is 1.24 bits per heavy atom. The third-order valence-corrected chi connectivity index (χ3v) is 6.97. The van der Waals surface area contributed by atoms with Crippen molar-refractivity contribution < 1.29 is 22.8 Å². The summed E-state index contributed by atoms with van der Waals surface area (Å²) in [6, 6.07) is 4.10. The standard InChI is InChI=1S/C24H28F3N5O2/c1-23(8-3-9-23)22(34)31(2)18-7-11-32(15-18)21(33)16-4-5-20(29-13-16)30-14-17-12-28-10-6-19(17)24(25,26)27/h4-6,10,12-13,18H,3,7-9,11,14-15H2,1-2H3,(H,29,30)/t18-/m0/s1. The molecule has 4 rings (SSSR count). The molecule has 2 aromatic rings. The average Bonchev–Trinajstić information content (AvgIpc) is 3.30. The quantitative estimate of drug-likeness (QED) is 0.684. The number of aromatic nitrogens is 2.